The summed E-state index contributed by atoms with van der Waals surface area (Å²) >= 11 is 2.09. The number of rotatable bonds is 14. The normalized spacial score (nSPS) is 21.6. The third-order valence-electron chi connectivity index (χ3n) is 4.15. The number of thioether (sulfide) groups is 1. The van der Waals surface area contributed by atoms with Crippen LogP contribution in [0.2, 0.25) is 0 Å². The molecule has 1 heterocycles. The van der Waals surface area contributed by atoms with Crippen molar-refractivity contribution in [1.29, 1.82) is 0 Å². The maximum atomic E-state index is 5.76. The topological polar surface area (TPSA) is 12.5 Å². The van der Waals surface area contributed by atoms with Gasteiger partial charge in [0.1, 0.15) is 0 Å². The van der Waals surface area contributed by atoms with Gasteiger partial charge >= 0.3 is 0 Å². The highest BCUT2D eigenvalue weighted by Crippen LogP contribution is 2.30. The van der Waals surface area contributed by atoms with Crippen molar-refractivity contribution in [2.45, 2.75) is 97.2 Å². The van der Waals surface area contributed by atoms with Crippen molar-refractivity contribution in [3.8, 4) is 0 Å². The summed E-state index contributed by atoms with van der Waals surface area (Å²) in [5.74, 6) is 3.38. The summed E-state index contributed by atoms with van der Waals surface area (Å²) in [6, 6.07) is 0. The molecule has 1 aliphatic heterocycles. The lowest BCUT2D eigenvalue weighted by Crippen LogP contribution is -1.99. The second-order valence-corrected chi connectivity index (χ2v) is 7.88. The minimum atomic E-state index is 0.594. The molecule has 0 aromatic rings. The van der Waals surface area contributed by atoms with Gasteiger partial charge in [-0.3, -0.25) is 0 Å². The van der Waals surface area contributed by atoms with E-state index in [0.29, 0.717) is 12.2 Å². The molecule has 2 atom stereocenters. The summed E-state index contributed by atoms with van der Waals surface area (Å²) in [7, 11) is 0. The van der Waals surface area contributed by atoms with Crippen molar-refractivity contribution in [3.63, 3.8) is 0 Å². The van der Waals surface area contributed by atoms with Gasteiger partial charge in [0, 0.05) is 5.75 Å². The van der Waals surface area contributed by atoms with Crippen LogP contribution in [-0.4, -0.2) is 23.7 Å². The molecule has 0 spiro atoms. The third kappa shape index (κ3) is 10.1. The van der Waals surface area contributed by atoms with E-state index in [1.54, 1.807) is 0 Å². The lowest BCUT2D eigenvalue weighted by molar-refractivity contribution is 0.366. The van der Waals surface area contributed by atoms with E-state index in [9.17, 15) is 0 Å². The minimum Gasteiger partial charge on any atom is -0.369 e. The molecule has 0 unspecified atom stereocenters. The Balaban J connectivity index is 1.76. The van der Waals surface area contributed by atoms with Gasteiger partial charge in [0.05, 0.1) is 12.2 Å². The summed E-state index contributed by atoms with van der Waals surface area (Å²) in [6.07, 6.45) is 15.2. The molecule has 0 N–H and O–H groups in total. The molecule has 0 aromatic carbocycles. The van der Waals surface area contributed by atoms with Crippen LogP contribution in [0.3, 0.4) is 0 Å². The molecule has 0 aliphatic carbocycles. The Morgan fingerprint density at radius 2 is 1.55 bits per heavy atom. The van der Waals surface area contributed by atoms with E-state index in [1.165, 1.54) is 75.7 Å². The van der Waals surface area contributed by atoms with Gasteiger partial charge in [-0.05, 0) is 24.5 Å². The zero-order valence-electron chi connectivity index (χ0n) is 14.0. The highest BCUT2D eigenvalue weighted by atomic mass is 32.2. The van der Waals surface area contributed by atoms with Gasteiger partial charge in [0.15, 0.2) is 0 Å². The molecule has 1 nitrogen and oxygen atoms in total. The number of hydrogen-bond acceptors (Lipinski definition) is 2. The lowest BCUT2D eigenvalue weighted by Gasteiger charge is -2.02. The minimum absolute atomic E-state index is 0.594. The second-order valence-electron chi connectivity index (χ2n) is 6.73. The van der Waals surface area contributed by atoms with E-state index >= 15 is 0 Å². The Labute approximate surface area is 131 Å². The first kappa shape index (κ1) is 18.4. The van der Waals surface area contributed by atoms with Gasteiger partial charge < -0.3 is 4.74 Å². The smallest absolute Gasteiger partial charge is 0.0931 e. The molecule has 1 saturated heterocycles. The lowest BCUT2D eigenvalue weighted by atomic mass is 10.1. The molecular formula is C18H36OS. The molecule has 120 valence electrons. The fourth-order valence-electron chi connectivity index (χ4n) is 2.58. The fourth-order valence-corrected chi connectivity index (χ4v) is 3.91. The van der Waals surface area contributed by atoms with Gasteiger partial charge in [-0.1, -0.05) is 72.1 Å². The van der Waals surface area contributed by atoms with Crippen molar-refractivity contribution in [3.05, 3.63) is 0 Å². The van der Waals surface area contributed by atoms with E-state index in [0.717, 1.165) is 5.92 Å². The third-order valence-corrected chi connectivity index (χ3v) is 5.24. The van der Waals surface area contributed by atoms with E-state index in [4.69, 9.17) is 4.74 Å². The Morgan fingerprint density at radius 3 is 2.20 bits per heavy atom. The number of hydrogen-bond donors (Lipinski definition) is 0. The highest BCUT2D eigenvalue weighted by Gasteiger charge is 2.37. The second kappa shape index (κ2) is 11.9. The maximum absolute atomic E-state index is 5.76. The number of epoxide rings is 1. The predicted octanol–water partition coefficient (Wildman–Crippen LogP) is 6.06. The summed E-state index contributed by atoms with van der Waals surface area (Å²) in [5.41, 5.74) is 0. The first-order valence-electron chi connectivity index (χ1n) is 8.97. The Kier molecular flexibility index (Phi) is 10.9. The zero-order chi connectivity index (χ0) is 14.6. The predicted molar refractivity (Wildman–Crippen MR) is 92.7 cm³/mol. The summed E-state index contributed by atoms with van der Waals surface area (Å²) in [4.78, 5) is 0. The van der Waals surface area contributed by atoms with E-state index in [2.05, 4.69) is 32.5 Å². The zero-order valence-corrected chi connectivity index (χ0v) is 14.9. The Bertz CT molecular complexity index is 217. The van der Waals surface area contributed by atoms with E-state index in [-0.39, 0.29) is 0 Å². The molecule has 20 heavy (non-hydrogen) atoms. The van der Waals surface area contributed by atoms with Crippen LogP contribution >= 0.6 is 11.8 Å². The van der Waals surface area contributed by atoms with Crippen LogP contribution in [0.25, 0.3) is 0 Å². The average Bonchev–Trinajstić information content (AvgIpc) is 3.16. The van der Waals surface area contributed by atoms with Gasteiger partial charge in [0.2, 0.25) is 0 Å². The van der Waals surface area contributed by atoms with Crippen molar-refractivity contribution in [2.75, 3.05) is 11.5 Å². The van der Waals surface area contributed by atoms with Crippen LogP contribution in [0.4, 0.5) is 0 Å². The molecule has 1 fully saturated rings. The summed E-state index contributed by atoms with van der Waals surface area (Å²) in [5, 5.41) is 0. The Hall–Kier alpha value is 0.310. The van der Waals surface area contributed by atoms with Crippen LogP contribution < -0.4 is 0 Å². The molecule has 0 radical (unpaired) electrons. The van der Waals surface area contributed by atoms with Crippen molar-refractivity contribution < 1.29 is 4.74 Å². The molecule has 1 aliphatic rings. The number of unbranched alkanes of at least 4 members (excludes halogenated alkanes) is 7. The fraction of sp³-hybridized carbons (Fsp3) is 1.00. The average molecular weight is 301 g/mol. The highest BCUT2D eigenvalue weighted by molar-refractivity contribution is 7.99. The molecule has 2 heteroatoms. The van der Waals surface area contributed by atoms with E-state index < -0.39 is 0 Å². The van der Waals surface area contributed by atoms with Gasteiger partial charge in [0.25, 0.3) is 0 Å². The quantitative estimate of drug-likeness (QED) is 0.285. The standard InChI is InChI=1S/C18H36OS/c1-4-5-6-7-8-9-10-11-12-17-18(19-17)15-20-14-13-16(2)3/h16-18H,4-15H2,1-3H3/t17-,18-/m1/s1. The first-order chi connectivity index (χ1) is 9.74. The van der Waals surface area contributed by atoms with Crippen molar-refractivity contribution in [1.82, 2.24) is 0 Å². The van der Waals surface area contributed by atoms with Gasteiger partial charge in [-0.15, -0.1) is 0 Å². The SMILES string of the molecule is CCCCCCCCCC[C@H]1O[C@@H]1CSCCC(C)C. The van der Waals surface area contributed by atoms with Crippen LogP contribution in [0.15, 0.2) is 0 Å². The molecule has 0 amide bonds. The molecule has 0 saturated carbocycles. The number of ether oxygens (including phenoxy) is 1. The van der Waals surface area contributed by atoms with Crippen molar-refractivity contribution in [2.24, 2.45) is 5.92 Å². The van der Waals surface area contributed by atoms with E-state index in [1.807, 2.05) is 0 Å². The summed E-state index contributed by atoms with van der Waals surface area (Å²) in [6.45, 7) is 6.89. The first-order valence-corrected chi connectivity index (χ1v) is 10.1. The van der Waals surface area contributed by atoms with Gasteiger partial charge in [-0.25, -0.2) is 0 Å². The maximum Gasteiger partial charge on any atom is 0.0931 e. The van der Waals surface area contributed by atoms with Crippen LogP contribution in [0, 0.1) is 5.92 Å². The Morgan fingerprint density at radius 1 is 0.900 bits per heavy atom. The van der Waals surface area contributed by atoms with Gasteiger partial charge in [-0.2, -0.15) is 11.8 Å². The van der Waals surface area contributed by atoms with Crippen LogP contribution in [-0.2, 0) is 4.74 Å². The van der Waals surface area contributed by atoms with Crippen molar-refractivity contribution >= 4 is 11.8 Å². The molecule has 0 bridgehead atoms. The molecular weight excluding hydrogens is 264 g/mol. The van der Waals surface area contributed by atoms with Crippen LogP contribution in [0.1, 0.15) is 85.0 Å². The monoisotopic (exact) mass is 300 g/mol. The summed E-state index contributed by atoms with van der Waals surface area (Å²) < 4.78 is 5.76. The largest absolute Gasteiger partial charge is 0.369 e. The molecule has 0 aromatic heterocycles. The van der Waals surface area contributed by atoms with Crippen LogP contribution in [0.5, 0.6) is 0 Å². The molecule has 1 rings (SSSR count).